The third-order valence-corrected chi connectivity index (χ3v) is 3.70. The Morgan fingerprint density at radius 3 is 2.60 bits per heavy atom. The van der Waals surface area contributed by atoms with Gasteiger partial charge < -0.3 is 22.5 Å². The number of carbonyl (C=O) groups is 2. The van der Waals surface area contributed by atoms with Gasteiger partial charge in [0, 0.05) is 19.1 Å². The van der Waals surface area contributed by atoms with Crippen molar-refractivity contribution in [3.05, 3.63) is 0 Å². The first-order valence-corrected chi connectivity index (χ1v) is 6.90. The van der Waals surface area contributed by atoms with Crippen LogP contribution in [0.3, 0.4) is 0 Å². The molecular weight excluding hydrogens is 260 g/mol. The summed E-state index contributed by atoms with van der Waals surface area (Å²) in [5.74, 6) is -0.550. The van der Waals surface area contributed by atoms with Gasteiger partial charge in [0.05, 0.1) is 6.04 Å². The van der Waals surface area contributed by atoms with Crippen molar-refractivity contribution in [3.63, 3.8) is 0 Å². The van der Waals surface area contributed by atoms with Crippen LogP contribution in [0.1, 0.15) is 25.7 Å². The molecule has 2 atom stereocenters. The van der Waals surface area contributed by atoms with E-state index in [-0.39, 0.29) is 17.9 Å². The summed E-state index contributed by atoms with van der Waals surface area (Å²) in [7, 11) is 0. The van der Waals surface area contributed by atoms with E-state index in [0.717, 1.165) is 19.3 Å². The second-order valence-corrected chi connectivity index (χ2v) is 5.36. The van der Waals surface area contributed by atoms with Crippen molar-refractivity contribution in [1.29, 1.82) is 0 Å². The highest BCUT2D eigenvalue weighted by atomic mass is 16.2. The molecule has 2 aliphatic rings. The van der Waals surface area contributed by atoms with Crippen LogP contribution in [0.25, 0.3) is 0 Å². The smallest absolute Gasteiger partial charge is 0.241 e. The highest BCUT2D eigenvalue weighted by molar-refractivity contribution is 5.90. The van der Waals surface area contributed by atoms with Gasteiger partial charge in [0.15, 0.2) is 5.96 Å². The number of nitrogens with two attached hydrogens (primary N) is 3. The lowest BCUT2D eigenvalue weighted by Gasteiger charge is -2.38. The van der Waals surface area contributed by atoms with Crippen molar-refractivity contribution in [2.24, 2.45) is 22.2 Å². The fourth-order valence-corrected chi connectivity index (χ4v) is 2.56. The maximum absolute atomic E-state index is 12.1. The Morgan fingerprint density at radius 2 is 2.05 bits per heavy atom. The molecule has 0 spiro atoms. The van der Waals surface area contributed by atoms with E-state index >= 15 is 0 Å². The number of nitrogens with one attached hydrogen (secondary N) is 1. The Hall–Kier alpha value is -1.83. The number of carbonyl (C=O) groups excluding carboxylic acids is 2. The first-order chi connectivity index (χ1) is 9.49. The summed E-state index contributed by atoms with van der Waals surface area (Å²) in [6, 6.07) is -0.402. The van der Waals surface area contributed by atoms with Crippen LogP contribution in [0, 0.1) is 0 Å². The van der Waals surface area contributed by atoms with Gasteiger partial charge in [-0.25, -0.2) is 0 Å². The molecule has 0 unspecified atom stereocenters. The van der Waals surface area contributed by atoms with Crippen LogP contribution in [0.15, 0.2) is 4.99 Å². The number of piperazine rings is 1. The number of primary amides is 1. The van der Waals surface area contributed by atoms with E-state index in [1.54, 1.807) is 0 Å². The summed E-state index contributed by atoms with van der Waals surface area (Å²) < 4.78 is 0. The summed E-state index contributed by atoms with van der Waals surface area (Å²) in [4.78, 5) is 29.4. The van der Waals surface area contributed by atoms with Crippen LogP contribution in [0.5, 0.6) is 0 Å². The Bertz CT molecular complexity index is 416. The summed E-state index contributed by atoms with van der Waals surface area (Å²) in [6.07, 6.45) is 3.54. The molecule has 8 nitrogen and oxygen atoms in total. The van der Waals surface area contributed by atoms with E-state index in [4.69, 9.17) is 17.2 Å². The first-order valence-electron chi connectivity index (χ1n) is 6.90. The average Bonchev–Trinajstić information content (AvgIpc) is 3.19. The lowest BCUT2D eigenvalue weighted by atomic mass is 10.0. The summed E-state index contributed by atoms with van der Waals surface area (Å²) in [5, 5.41) is 2.69. The molecule has 1 heterocycles. The van der Waals surface area contributed by atoms with Crippen molar-refractivity contribution < 1.29 is 9.59 Å². The third kappa shape index (κ3) is 3.60. The second-order valence-electron chi connectivity index (χ2n) is 5.36. The number of amides is 2. The molecule has 1 aliphatic carbocycles. The Balaban J connectivity index is 1.93. The maximum atomic E-state index is 12.1. The molecule has 112 valence electrons. The monoisotopic (exact) mass is 282 g/mol. The second kappa shape index (κ2) is 6.08. The normalized spacial score (nSPS) is 26.9. The molecule has 0 aromatic heterocycles. The van der Waals surface area contributed by atoms with E-state index in [1.165, 1.54) is 0 Å². The van der Waals surface area contributed by atoms with Crippen molar-refractivity contribution >= 4 is 17.8 Å². The van der Waals surface area contributed by atoms with Crippen LogP contribution >= 0.6 is 0 Å². The fraction of sp³-hybridized carbons (Fsp3) is 0.750. The molecule has 1 saturated carbocycles. The predicted molar refractivity (Wildman–Crippen MR) is 74.6 cm³/mol. The third-order valence-electron chi connectivity index (χ3n) is 3.70. The fourth-order valence-electron chi connectivity index (χ4n) is 2.56. The van der Waals surface area contributed by atoms with Gasteiger partial charge in [-0.2, -0.15) is 0 Å². The zero-order chi connectivity index (χ0) is 14.7. The minimum absolute atomic E-state index is 0.0611. The highest BCUT2D eigenvalue weighted by Gasteiger charge is 2.43. The summed E-state index contributed by atoms with van der Waals surface area (Å²) in [5.41, 5.74) is 15.8. The molecule has 2 fully saturated rings. The average molecular weight is 282 g/mol. The van der Waals surface area contributed by atoms with E-state index in [2.05, 4.69) is 15.2 Å². The molecule has 2 rings (SSSR count). The van der Waals surface area contributed by atoms with Crippen LogP contribution in [0.4, 0.5) is 0 Å². The van der Waals surface area contributed by atoms with Crippen molar-refractivity contribution in [3.8, 4) is 0 Å². The van der Waals surface area contributed by atoms with Crippen LogP contribution in [-0.2, 0) is 9.59 Å². The Labute approximate surface area is 117 Å². The molecule has 0 bridgehead atoms. The molecule has 7 N–H and O–H groups in total. The number of rotatable bonds is 6. The zero-order valence-electron chi connectivity index (χ0n) is 11.4. The van der Waals surface area contributed by atoms with Gasteiger partial charge in [-0.15, -0.1) is 0 Å². The molecular formula is C12H22N6O2. The van der Waals surface area contributed by atoms with Gasteiger partial charge in [0.1, 0.15) is 6.04 Å². The van der Waals surface area contributed by atoms with E-state index in [9.17, 15) is 9.59 Å². The van der Waals surface area contributed by atoms with Gasteiger partial charge >= 0.3 is 0 Å². The summed E-state index contributed by atoms with van der Waals surface area (Å²) in [6.45, 7) is 1.00. The first kappa shape index (κ1) is 14.6. The number of aliphatic imine (C=N–C) groups is 1. The molecule has 1 aliphatic heterocycles. The minimum Gasteiger partial charge on any atom is -0.370 e. The topological polar surface area (TPSA) is 140 Å². The van der Waals surface area contributed by atoms with Crippen molar-refractivity contribution in [2.45, 2.75) is 43.8 Å². The van der Waals surface area contributed by atoms with Gasteiger partial charge in [0.25, 0.3) is 0 Å². The number of hydrogen-bond acceptors (Lipinski definition) is 4. The van der Waals surface area contributed by atoms with Gasteiger partial charge in [-0.3, -0.25) is 19.5 Å². The quantitative estimate of drug-likeness (QED) is 0.250. The maximum Gasteiger partial charge on any atom is 0.241 e. The summed E-state index contributed by atoms with van der Waals surface area (Å²) >= 11 is 0. The number of nitrogens with zero attached hydrogens (tertiary/aromatic N) is 2. The zero-order valence-corrected chi connectivity index (χ0v) is 11.4. The molecule has 0 radical (unpaired) electrons. The van der Waals surface area contributed by atoms with E-state index in [0.29, 0.717) is 25.6 Å². The number of hydrogen-bond donors (Lipinski definition) is 4. The molecule has 2 amide bonds. The predicted octanol–water partition coefficient (Wildman–Crippen LogP) is -2.14. The lowest BCUT2D eigenvalue weighted by Crippen LogP contribution is -2.63. The largest absolute Gasteiger partial charge is 0.370 e. The Morgan fingerprint density at radius 1 is 1.35 bits per heavy atom. The van der Waals surface area contributed by atoms with Gasteiger partial charge in [-0.1, -0.05) is 0 Å². The van der Waals surface area contributed by atoms with Crippen molar-refractivity contribution in [1.82, 2.24) is 10.2 Å². The standard InChI is InChI=1S/C12H22N6O2/c13-10(19)8-6-18(7-3-4-7)9(11(20)17-8)2-1-5-16-12(14)15/h7-9H,1-6H2,(H2,13,19)(H,17,20)(H4,14,15,16)/t8-,9+/m0/s1. The van der Waals surface area contributed by atoms with E-state index < -0.39 is 11.9 Å². The molecule has 1 saturated heterocycles. The lowest BCUT2D eigenvalue weighted by molar-refractivity contribution is -0.136. The van der Waals surface area contributed by atoms with E-state index in [1.807, 2.05) is 0 Å². The highest BCUT2D eigenvalue weighted by Crippen LogP contribution is 2.31. The van der Waals surface area contributed by atoms with Gasteiger partial charge in [0.2, 0.25) is 11.8 Å². The molecule has 8 heteroatoms. The van der Waals surface area contributed by atoms with Crippen LogP contribution < -0.4 is 22.5 Å². The Kier molecular flexibility index (Phi) is 4.43. The van der Waals surface area contributed by atoms with Gasteiger partial charge in [-0.05, 0) is 25.7 Å². The number of guanidine groups is 1. The SMILES string of the molecule is NC(=O)[C@@H]1CN(C2CC2)[C@H](CCCN=C(N)N)C(=O)N1. The van der Waals surface area contributed by atoms with Crippen LogP contribution in [0.2, 0.25) is 0 Å². The molecule has 0 aromatic rings. The van der Waals surface area contributed by atoms with Crippen molar-refractivity contribution in [2.75, 3.05) is 13.1 Å². The van der Waals surface area contributed by atoms with Crippen LogP contribution in [-0.4, -0.2) is 53.9 Å². The minimum atomic E-state index is -0.586. The molecule has 0 aromatic carbocycles. The molecule has 20 heavy (non-hydrogen) atoms.